The molecule has 2 heterocycles. The lowest BCUT2D eigenvalue weighted by atomic mass is 9.94. The predicted octanol–water partition coefficient (Wildman–Crippen LogP) is 2.09. The van der Waals surface area contributed by atoms with Crippen LogP contribution < -0.4 is 15.0 Å². The minimum absolute atomic E-state index is 0. The van der Waals surface area contributed by atoms with Crippen molar-refractivity contribution in [2.75, 3.05) is 57.4 Å². The van der Waals surface area contributed by atoms with E-state index < -0.39 is 0 Å². The third-order valence-corrected chi connectivity index (χ3v) is 5.45. The van der Waals surface area contributed by atoms with Gasteiger partial charge in [0.2, 0.25) is 5.91 Å². The Morgan fingerprint density at radius 2 is 1.90 bits per heavy atom. The SMILES string of the molecule is CCOC(=O)COc1ccc(N2CCN(CCC3CCNCC3)C(=O)C2)cc1.Cl. The summed E-state index contributed by atoms with van der Waals surface area (Å²) in [5, 5.41) is 3.39. The Morgan fingerprint density at radius 3 is 2.55 bits per heavy atom. The number of nitrogens with one attached hydrogen (secondary N) is 1. The molecule has 0 spiro atoms. The number of piperidine rings is 1. The fourth-order valence-corrected chi connectivity index (χ4v) is 3.77. The molecule has 2 saturated heterocycles. The van der Waals surface area contributed by atoms with E-state index in [-0.39, 0.29) is 30.9 Å². The predicted molar refractivity (Wildman–Crippen MR) is 115 cm³/mol. The molecule has 162 valence electrons. The molecule has 0 aliphatic carbocycles. The second-order valence-electron chi connectivity index (χ2n) is 7.37. The van der Waals surface area contributed by atoms with Crippen LogP contribution in [0.15, 0.2) is 24.3 Å². The first-order valence-corrected chi connectivity index (χ1v) is 10.3. The van der Waals surface area contributed by atoms with Crippen molar-refractivity contribution in [3.8, 4) is 5.75 Å². The molecule has 0 saturated carbocycles. The van der Waals surface area contributed by atoms with Gasteiger partial charge in [0.25, 0.3) is 0 Å². The van der Waals surface area contributed by atoms with Gasteiger partial charge in [-0.15, -0.1) is 12.4 Å². The maximum absolute atomic E-state index is 12.6. The number of piperazine rings is 1. The number of hydrogen-bond acceptors (Lipinski definition) is 6. The van der Waals surface area contributed by atoms with Crippen molar-refractivity contribution < 1.29 is 19.1 Å². The van der Waals surface area contributed by atoms with Crippen LogP contribution in [0.4, 0.5) is 5.69 Å². The van der Waals surface area contributed by atoms with E-state index in [2.05, 4.69) is 10.2 Å². The standard InChI is InChI=1S/C21H31N3O4.ClH/c1-2-27-21(26)16-28-19-5-3-18(4-6-19)24-14-13-23(20(25)15-24)12-9-17-7-10-22-11-8-17;/h3-6,17,22H,2,7-16H2,1H3;1H. The van der Waals surface area contributed by atoms with Gasteiger partial charge in [-0.25, -0.2) is 4.79 Å². The Balaban J connectivity index is 0.00000300. The quantitative estimate of drug-likeness (QED) is 0.643. The molecule has 0 bridgehead atoms. The van der Waals surface area contributed by atoms with Gasteiger partial charge in [0, 0.05) is 25.3 Å². The molecule has 0 radical (unpaired) electrons. The first-order valence-electron chi connectivity index (χ1n) is 10.3. The Kier molecular flexibility index (Phi) is 9.54. The Morgan fingerprint density at radius 1 is 1.17 bits per heavy atom. The summed E-state index contributed by atoms with van der Waals surface area (Å²) < 4.78 is 10.3. The summed E-state index contributed by atoms with van der Waals surface area (Å²) in [6, 6.07) is 7.50. The lowest BCUT2D eigenvalue weighted by Crippen LogP contribution is -2.51. The second-order valence-corrected chi connectivity index (χ2v) is 7.37. The van der Waals surface area contributed by atoms with Crippen LogP contribution in [0.25, 0.3) is 0 Å². The van der Waals surface area contributed by atoms with Crippen molar-refractivity contribution in [1.82, 2.24) is 10.2 Å². The van der Waals surface area contributed by atoms with Crippen molar-refractivity contribution in [2.45, 2.75) is 26.2 Å². The molecule has 2 aliphatic rings. The summed E-state index contributed by atoms with van der Waals surface area (Å²) in [5.41, 5.74) is 0.995. The molecule has 1 aromatic carbocycles. The van der Waals surface area contributed by atoms with Crippen LogP contribution >= 0.6 is 12.4 Å². The molecular formula is C21H32ClN3O4. The molecule has 0 atom stereocenters. The first kappa shape index (κ1) is 23.3. The summed E-state index contributed by atoms with van der Waals surface area (Å²) in [7, 11) is 0. The van der Waals surface area contributed by atoms with Gasteiger partial charge in [-0.2, -0.15) is 0 Å². The number of carbonyl (C=O) groups is 2. The van der Waals surface area contributed by atoms with E-state index >= 15 is 0 Å². The smallest absolute Gasteiger partial charge is 0.344 e. The van der Waals surface area contributed by atoms with E-state index in [1.54, 1.807) is 6.92 Å². The number of halogens is 1. The van der Waals surface area contributed by atoms with E-state index in [0.717, 1.165) is 50.7 Å². The van der Waals surface area contributed by atoms with Crippen LogP contribution in [0.2, 0.25) is 0 Å². The average molecular weight is 426 g/mol. The zero-order valence-corrected chi connectivity index (χ0v) is 17.9. The van der Waals surface area contributed by atoms with E-state index in [1.165, 1.54) is 12.8 Å². The number of hydrogen-bond donors (Lipinski definition) is 1. The molecule has 0 aromatic heterocycles. The molecule has 2 fully saturated rings. The van der Waals surface area contributed by atoms with E-state index in [1.807, 2.05) is 29.2 Å². The fraction of sp³-hybridized carbons (Fsp3) is 0.619. The van der Waals surface area contributed by atoms with Gasteiger partial charge in [0.05, 0.1) is 13.2 Å². The number of ether oxygens (including phenoxy) is 2. The minimum atomic E-state index is -0.377. The van der Waals surface area contributed by atoms with E-state index in [4.69, 9.17) is 9.47 Å². The number of rotatable bonds is 8. The topological polar surface area (TPSA) is 71.1 Å². The molecule has 29 heavy (non-hydrogen) atoms. The van der Waals surface area contributed by atoms with Crippen LogP contribution in [0.5, 0.6) is 5.75 Å². The molecular weight excluding hydrogens is 394 g/mol. The monoisotopic (exact) mass is 425 g/mol. The third-order valence-electron chi connectivity index (χ3n) is 5.45. The van der Waals surface area contributed by atoms with Crippen LogP contribution in [0, 0.1) is 5.92 Å². The summed E-state index contributed by atoms with van der Waals surface area (Å²) in [5.74, 6) is 1.18. The summed E-state index contributed by atoms with van der Waals surface area (Å²) in [6.07, 6.45) is 3.55. The summed E-state index contributed by atoms with van der Waals surface area (Å²) in [4.78, 5) is 28.0. The maximum Gasteiger partial charge on any atom is 0.344 e. The number of carbonyl (C=O) groups excluding carboxylic acids is 2. The number of esters is 1. The fourth-order valence-electron chi connectivity index (χ4n) is 3.77. The maximum atomic E-state index is 12.6. The van der Waals surface area contributed by atoms with Crippen LogP contribution in [0.1, 0.15) is 26.2 Å². The Hall–Kier alpha value is -1.99. The van der Waals surface area contributed by atoms with Crippen LogP contribution in [0.3, 0.4) is 0 Å². The van der Waals surface area contributed by atoms with E-state index in [9.17, 15) is 9.59 Å². The van der Waals surface area contributed by atoms with Crippen molar-refractivity contribution in [3.63, 3.8) is 0 Å². The molecule has 0 unspecified atom stereocenters. The van der Waals surface area contributed by atoms with Crippen molar-refractivity contribution in [2.24, 2.45) is 5.92 Å². The highest BCUT2D eigenvalue weighted by atomic mass is 35.5. The zero-order valence-electron chi connectivity index (χ0n) is 17.1. The van der Waals surface area contributed by atoms with E-state index in [0.29, 0.717) is 18.9 Å². The van der Waals surface area contributed by atoms with Gasteiger partial charge in [0.15, 0.2) is 6.61 Å². The number of benzene rings is 1. The number of nitrogens with zero attached hydrogens (tertiary/aromatic N) is 2. The highest BCUT2D eigenvalue weighted by Gasteiger charge is 2.25. The number of anilines is 1. The van der Waals surface area contributed by atoms with Crippen LogP contribution in [-0.2, 0) is 14.3 Å². The summed E-state index contributed by atoms with van der Waals surface area (Å²) in [6.45, 7) is 7.11. The number of amides is 1. The van der Waals surface area contributed by atoms with Gasteiger partial charge in [-0.3, -0.25) is 4.79 Å². The molecule has 8 heteroatoms. The minimum Gasteiger partial charge on any atom is -0.482 e. The largest absolute Gasteiger partial charge is 0.482 e. The van der Waals surface area contributed by atoms with Crippen molar-refractivity contribution >= 4 is 30.0 Å². The Labute approximate surface area is 179 Å². The molecule has 1 amide bonds. The van der Waals surface area contributed by atoms with Crippen molar-refractivity contribution in [3.05, 3.63) is 24.3 Å². The second kappa shape index (κ2) is 11.9. The van der Waals surface area contributed by atoms with Gasteiger partial charge in [0.1, 0.15) is 5.75 Å². The Bertz CT molecular complexity index is 650. The third kappa shape index (κ3) is 7.08. The first-order chi connectivity index (χ1) is 13.7. The zero-order chi connectivity index (χ0) is 19.8. The lowest BCUT2D eigenvalue weighted by Gasteiger charge is -2.36. The highest BCUT2D eigenvalue weighted by molar-refractivity contribution is 5.85. The molecule has 7 nitrogen and oxygen atoms in total. The summed E-state index contributed by atoms with van der Waals surface area (Å²) >= 11 is 0. The van der Waals surface area contributed by atoms with Crippen LogP contribution in [-0.4, -0.2) is 69.3 Å². The average Bonchev–Trinajstić information content (AvgIpc) is 2.73. The van der Waals surface area contributed by atoms with Gasteiger partial charge in [-0.1, -0.05) is 0 Å². The van der Waals surface area contributed by atoms with Gasteiger partial charge < -0.3 is 24.6 Å². The molecule has 2 aliphatic heterocycles. The molecule has 1 aromatic rings. The highest BCUT2D eigenvalue weighted by Crippen LogP contribution is 2.22. The molecule has 3 rings (SSSR count). The normalized spacial score (nSPS) is 17.6. The van der Waals surface area contributed by atoms with Gasteiger partial charge >= 0.3 is 5.97 Å². The molecule has 1 N–H and O–H groups in total. The van der Waals surface area contributed by atoms with Crippen molar-refractivity contribution in [1.29, 1.82) is 0 Å². The lowest BCUT2D eigenvalue weighted by molar-refractivity contribution is -0.145. The van der Waals surface area contributed by atoms with Gasteiger partial charge in [-0.05, 0) is 69.5 Å².